The molecule has 0 unspecified atom stereocenters. The first-order chi connectivity index (χ1) is 8.27. The van der Waals surface area contributed by atoms with Crippen molar-refractivity contribution in [3.63, 3.8) is 0 Å². The molecule has 0 aliphatic carbocycles. The maximum absolute atomic E-state index is 11.5. The van der Waals surface area contributed by atoms with Crippen LogP contribution in [0.25, 0.3) is 0 Å². The Morgan fingerprint density at radius 1 is 1.35 bits per heavy atom. The molecular formula is C12H11N3O2. The summed E-state index contributed by atoms with van der Waals surface area (Å²) in [6.45, 7) is 1.80. The Bertz CT molecular complexity index is 518. The molecule has 1 amide bonds. The number of nitrogens with one attached hydrogen (secondary N) is 1. The van der Waals surface area contributed by atoms with E-state index in [1.165, 1.54) is 6.26 Å². The lowest BCUT2D eigenvalue weighted by molar-refractivity contribution is 0.0927. The second kappa shape index (κ2) is 5.07. The SMILES string of the molecule is C/C(=N\NC(=O)c1ccco1)c1ccncc1. The van der Waals surface area contributed by atoms with Gasteiger partial charge in [0.25, 0.3) is 0 Å². The summed E-state index contributed by atoms with van der Waals surface area (Å²) in [6, 6.07) is 6.86. The summed E-state index contributed by atoms with van der Waals surface area (Å²) in [5.41, 5.74) is 4.02. The number of furan rings is 1. The summed E-state index contributed by atoms with van der Waals surface area (Å²) < 4.78 is 4.94. The predicted molar refractivity (Wildman–Crippen MR) is 62.6 cm³/mol. The number of nitrogens with zero attached hydrogens (tertiary/aromatic N) is 2. The predicted octanol–water partition coefficient (Wildman–Crippen LogP) is 1.83. The maximum Gasteiger partial charge on any atom is 0.307 e. The number of aromatic nitrogens is 1. The van der Waals surface area contributed by atoms with Gasteiger partial charge >= 0.3 is 5.91 Å². The van der Waals surface area contributed by atoms with Gasteiger partial charge in [-0.3, -0.25) is 9.78 Å². The zero-order chi connectivity index (χ0) is 12.1. The van der Waals surface area contributed by atoms with Gasteiger partial charge in [0.05, 0.1) is 12.0 Å². The summed E-state index contributed by atoms with van der Waals surface area (Å²) in [5.74, 6) is -0.139. The number of hydrogen-bond acceptors (Lipinski definition) is 4. The average Bonchev–Trinajstić information content (AvgIpc) is 2.90. The summed E-state index contributed by atoms with van der Waals surface area (Å²) in [7, 11) is 0. The van der Waals surface area contributed by atoms with Crippen LogP contribution in [-0.4, -0.2) is 16.6 Å². The van der Waals surface area contributed by atoms with E-state index in [0.717, 1.165) is 5.56 Å². The molecule has 0 aromatic carbocycles. The van der Waals surface area contributed by atoms with Crippen molar-refractivity contribution in [3.8, 4) is 0 Å². The fourth-order valence-electron chi connectivity index (χ4n) is 1.26. The number of hydrazone groups is 1. The molecule has 0 atom stereocenters. The van der Waals surface area contributed by atoms with Crippen LogP contribution < -0.4 is 5.43 Å². The molecular weight excluding hydrogens is 218 g/mol. The minimum atomic E-state index is -0.372. The molecule has 0 bridgehead atoms. The van der Waals surface area contributed by atoms with Gasteiger partial charge in [-0.15, -0.1) is 0 Å². The third-order valence-corrected chi connectivity index (χ3v) is 2.17. The molecule has 0 fully saturated rings. The highest BCUT2D eigenvalue weighted by molar-refractivity contribution is 6.00. The third kappa shape index (κ3) is 2.78. The van der Waals surface area contributed by atoms with Crippen molar-refractivity contribution in [2.45, 2.75) is 6.92 Å². The highest BCUT2D eigenvalue weighted by Crippen LogP contribution is 2.01. The van der Waals surface area contributed by atoms with E-state index in [1.807, 2.05) is 12.1 Å². The van der Waals surface area contributed by atoms with E-state index in [0.29, 0.717) is 5.71 Å². The van der Waals surface area contributed by atoms with Gasteiger partial charge in [-0.1, -0.05) is 0 Å². The molecule has 0 aliphatic rings. The Morgan fingerprint density at radius 3 is 2.76 bits per heavy atom. The van der Waals surface area contributed by atoms with E-state index in [1.54, 1.807) is 31.5 Å². The summed E-state index contributed by atoms with van der Waals surface area (Å²) in [6.07, 6.45) is 4.78. The second-order valence-electron chi connectivity index (χ2n) is 3.35. The van der Waals surface area contributed by atoms with Gasteiger partial charge in [0.15, 0.2) is 5.76 Å². The molecule has 2 aromatic rings. The smallest absolute Gasteiger partial charge is 0.307 e. The first-order valence-electron chi connectivity index (χ1n) is 5.06. The normalized spacial score (nSPS) is 11.2. The molecule has 2 heterocycles. The van der Waals surface area contributed by atoms with Crippen molar-refractivity contribution in [2.24, 2.45) is 5.10 Å². The Labute approximate surface area is 98.2 Å². The van der Waals surface area contributed by atoms with Crippen molar-refractivity contribution >= 4 is 11.6 Å². The topological polar surface area (TPSA) is 67.5 Å². The largest absolute Gasteiger partial charge is 0.459 e. The van der Waals surface area contributed by atoms with Gasteiger partial charge in [0.1, 0.15) is 0 Å². The standard InChI is InChI=1S/C12H11N3O2/c1-9(10-4-6-13-7-5-10)14-15-12(16)11-3-2-8-17-11/h2-8H,1H3,(H,15,16)/b14-9+. The van der Waals surface area contributed by atoms with Crippen LogP contribution >= 0.6 is 0 Å². The molecule has 0 saturated carbocycles. The number of hydrogen-bond donors (Lipinski definition) is 1. The number of carbonyl (C=O) groups is 1. The molecule has 0 saturated heterocycles. The summed E-state index contributed by atoms with van der Waals surface area (Å²) in [5, 5.41) is 3.98. The second-order valence-corrected chi connectivity index (χ2v) is 3.35. The molecule has 1 N–H and O–H groups in total. The molecule has 17 heavy (non-hydrogen) atoms. The van der Waals surface area contributed by atoms with Crippen molar-refractivity contribution in [1.29, 1.82) is 0 Å². The maximum atomic E-state index is 11.5. The monoisotopic (exact) mass is 229 g/mol. The first-order valence-corrected chi connectivity index (χ1v) is 5.06. The van der Waals surface area contributed by atoms with E-state index in [4.69, 9.17) is 4.42 Å². The Hall–Kier alpha value is -2.43. The van der Waals surface area contributed by atoms with Gasteiger partial charge in [0.2, 0.25) is 0 Å². The van der Waals surface area contributed by atoms with Crippen LogP contribution in [0, 0.1) is 0 Å². The molecule has 5 heteroatoms. The first kappa shape index (κ1) is 11.1. The van der Waals surface area contributed by atoms with Gasteiger partial charge in [-0.05, 0) is 31.2 Å². The lowest BCUT2D eigenvalue weighted by atomic mass is 10.2. The fraction of sp³-hybridized carbons (Fsp3) is 0.0833. The van der Waals surface area contributed by atoms with Gasteiger partial charge in [-0.25, -0.2) is 5.43 Å². The molecule has 86 valence electrons. The quantitative estimate of drug-likeness (QED) is 0.644. The highest BCUT2D eigenvalue weighted by Gasteiger charge is 2.06. The van der Waals surface area contributed by atoms with Crippen LogP contribution in [0.5, 0.6) is 0 Å². The molecule has 0 radical (unpaired) electrons. The van der Waals surface area contributed by atoms with Crippen molar-refractivity contribution in [2.75, 3.05) is 0 Å². The van der Waals surface area contributed by atoms with Crippen LogP contribution in [0.4, 0.5) is 0 Å². The molecule has 2 rings (SSSR count). The van der Waals surface area contributed by atoms with Crippen LogP contribution in [0.1, 0.15) is 23.0 Å². The zero-order valence-corrected chi connectivity index (χ0v) is 9.25. The summed E-state index contributed by atoms with van der Waals surface area (Å²) in [4.78, 5) is 15.4. The third-order valence-electron chi connectivity index (χ3n) is 2.17. The summed E-state index contributed by atoms with van der Waals surface area (Å²) >= 11 is 0. The number of rotatable bonds is 3. The van der Waals surface area contributed by atoms with Crippen LogP contribution in [0.2, 0.25) is 0 Å². The van der Waals surface area contributed by atoms with E-state index < -0.39 is 0 Å². The number of amides is 1. The van der Waals surface area contributed by atoms with E-state index in [9.17, 15) is 4.79 Å². The van der Waals surface area contributed by atoms with Crippen LogP contribution in [0.3, 0.4) is 0 Å². The highest BCUT2D eigenvalue weighted by atomic mass is 16.3. The van der Waals surface area contributed by atoms with Crippen molar-refractivity contribution in [3.05, 3.63) is 54.2 Å². The lowest BCUT2D eigenvalue weighted by Gasteiger charge is -2.00. The van der Waals surface area contributed by atoms with E-state index >= 15 is 0 Å². The van der Waals surface area contributed by atoms with Gasteiger partial charge in [0, 0.05) is 18.0 Å². The molecule has 0 aliphatic heterocycles. The number of carbonyl (C=O) groups excluding carboxylic acids is 1. The molecule has 2 aromatic heterocycles. The van der Waals surface area contributed by atoms with Gasteiger partial charge in [-0.2, -0.15) is 5.10 Å². The zero-order valence-electron chi connectivity index (χ0n) is 9.25. The lowest BCUT2D eigenvalue weighted by Crippen LogP contribution is -2.18. The average molecular weight is 229 g/mol. The minimum Gasteiger partial charge on any atom is -0.459 e. The number of pyridine rings is 1. The van der Waals surface area contributed by atoms with Crippen molar-refractivity contribution < 1.29 is 9.21 Å². The molecule has 5 nitrogen and oxygen atoms in total. The van der Waals surface area contributed by atoms with Gasteiger partial charge < -0.3 is 4.42 Å². The van der Waals surface area contributed by atoms with Crippen LogP contribution in [0.15, 0.2) is 52.4 Å². The molecule has 0 spiro atoms. The fourth-order valence-corrected chi connectivity index (χ4v) is 1.26. The van der Waals surface area contributed by atoms with E-state index in [-0.39, 0.29) is 11.7 Å². The Kier molecular flexibility index (Phi) is 3.30. The Morgan fingerprint density at radius 2 is 2.12 bits per heavy atom. The van der Waals surface area contributed by atoms with Crippen LogP contribution in [-0.2, 0) is 0 Å². The minimum absolute atomic E-state index is 0.233. The van der Waals surface area contributed by atoms with E-state index in [2.05, 4.69) is 15.5 Å². The Balaban J connectivity index is 2.04. The van der Waals surface area contributed by atoms with Crippen molar-refractivity contribution in [1.82, 2.24) is 10.4 Å².